The number of nitro benzene ring substituents is 1. The van der Waals surface area contributed by atoms with E-state index in [-0.39, 0.29) is 16.3 Å². The van der Waals surface area contributed by atoms with E-state index < -0.39 is 10.8 Å². The third-order valence-electron chi connectivity index (χ3n) is 2.52. The van der Waals surface area contributed by atoms with Crippen molar-refractivity contribution in [1.29, 1.82) is 0 Å². The molecule has 5 nitrogen and oxygen atoms in total. The number of hydrogen-bond donors (Lipinski definition) is 1. The molecule has 20 heavy (non-hydrogen) atoms. The van der Waals surface area contributed by atoms with E-state index in [0.29, 0.717) is 5.69 Å². The van der Waals surface area contributed by atoms with E-state index in [0.717, 1.165) is 3.57 Å². The van der Waals surface area contributed by atoms with E-state index in [1.807, 2.05) is 12.1 Å². The van der Waals surface area contributed by atoms with Crippen LogP contribution in [0.5, 0.6) is 0 Å². The van der Waals surface area contributed by atoms with Crippen LogP contribution in [0, 0.1) is 13.7 Å². The zero-order valence-corrected chi connectivity index (χ0v) is 12.9. The molecule has 0 radical (unpaired) electrons. The van der Waals surface area contributed by atoms with E-state index >= 15 is 0 Å². The number of carbonyl (C=O) groups is 1. The highest BCUT2D eigenvalue weighted by atomic mass is 127. The van der Waals surface area contributed by atoms with Crippen LogP contribution in [-0.4, -0.2) is 10.8 Å². The molecule has 0 heterocycles. The Morgan fingerprint density at radius 1 is 1.20 bits per heavy atom. The topological polar surface area (TPSA) is 72.2 Å². The Hall–Kier alpha value is -1.67. The maximum absolute atomic E-state index is 12.1. The van der Waals surface area contributed by atoms with Gasteiger partial charge >= 0.3 is 0 Å². The smallest absolute Gasteiger partial charge is 0.288 e. The zero-order valence-electron chi connectivity index (χ0n) is 9.97. The molecule has 0 saturated carbocycles. The summed E-state index contributed by atoms with van der Waals surface area (Å²) in [6, 6.07) is 11.3. The number of halogens is 2. The Morgan fingerprint density at radius 3 is 2.45 bits per heavy atom. The standard InChI is InChI=1S/C13H8ClIN2O3/c14-12-10(2-1-3-11(12)17(19)20)13(18)16-9-6-4-8(15)5-7-9/h1-7H,(H,16,18). The maximum atomic E-state index is 12.1. The van der Waals surface area contributed by atoms with E-state index in [1.54, 1.807) is 12.1 Å². The van der Waals surface area contributed by atoms with Crippen molar-refractivity contribution in [2.45, 2.75) is 0 Å². The lowest BCUT2D eigenvalue weighted by Gasteiger charge is -2.07. The average Bonchev–Trinajstić information content (AvgIpc) is 2.41. The van der Waals surface area contributed by atoms with Gasteiger partial charge in [0.1, 0.15) is 5.02 Å². The van der Waals surface area contributed by atoms with Crippen LogP contribution in [-0.2, 0) is 0 Å². The first-order valence-corrected chi connectivity index (χ1v) is 6.94. The molecular weight excluding hydrogens is 395 g/mol. The van der Waals surface area contributed by atoms with Crippen molar-refractivity contribution in [3.8, 4) is 0 Å². The molecule has 0 saturated heterocycles. The first kappa shape index (κ1) is 14.7. The summed E-state index contributed by atoms with van der Waals surface area (Å²) in [4.78, 5) is 22.2. The predicted octanol–water partition coefficient (Wildman–Crippen LogP) is 4.11. The summed E-state index contributed by atoms with van der Waals surface area (Å²) < 4.78 is 1.04. The number of carbonyl (C=O) groups excluding carboxylic acids is 1. The Labute approximate surface area is 133 Å². The second kappa shape index (κ2) is 6.19. The highest BCUT2D eigenvalue weighted by molar-refractivity contribution is 14.1. The summed E-state index contributed by atoms with van der Waals surface area (Å²) >= 11 is 8.04. The first-order valence-electron chi connectivity index (χ1n) is 5.49. The Balaban J connectivity index is 2.28. The van der Waals surface area contributed by atoms with Gasteiger partial charge in [-0.3, -0.25) is 14.9 Å². The van der Waals surface area contributed by atoms with Crippen molar-refractivity contribution in [2.24, 2.45) is 0 Å². The van der Waals surface area contributed by atoms with Crippen molar-refractivity contribution >= 4 is 51.5 Å². The van der Waals surface area contributed by atoms with Gasteiger partial charge in [0.05, 0.1) is 10.5 Å². The Bertz CT molecular complexity index is 674. The minimum absolute atomic E-state index is 0.0689. The Kier molecular flexibility index (Phi) is 4.56. The molecule has 0 aliphatic carbocycles. The molecule has 1 amide bonds. The van der Waals surface area contributed by atoms with Gasteiger partial charge in [-0.05, 0) is 52.9 Å². The van der Waals surface area contributed by atoms with Crippen LogP contribution in [0.15, 0.2) is 42.5 Å². The summed E-state index contributed by atoms with van der Waals surface area (Å²) in [5.41, 5.74) is 0.374. The molecule has 1 N–H and O–H groups in total. The van der Waals surface area contributed by atoms with Gasteiger partial charge in [0.2, 0.25) is 0 Å². The predicted molar refractivity (Wildman–Crippen MR) is 85.2 cm³/mol. The van der Waals surface area contributed by atoms with E-state index in [9.17, 15) is 14.9 Å². The number of amides is 1. The summed E-state index contributed by atoms with van der Waals surface area (Å²) in [5, 5.41) is 13.3. The van der Waals surface area contributed by atoms with Gasteiger partial charge in [-0.1, -0.05) is 17.7 Å². The van der Waals surface area contributed by atoms with Crippen molar-refractivity contribution in [2.75, 3.05) is 5.32 Å². The molecule has 0 fully saturated rings. The third kappa shape index (κ3) is 3.26. The maximum Gasteiger partial charge on any atom is 0.288 e. The fourth-order valence-corrected chi connectivity index (χ4v) is 2.21. The summed E-state index contributed by atoms with van der Waals surface area (Å²) in [6.07, 6.45) is 0. The van der Waals surface area contributed by atoms with Crippen molar-refractivity contribution in [1.82, 2.24) is 0 Å². The van der Waals surface area contributed by atoms with Gasteiger partial charge in [0.25, 0.3) is 11.6 Å². The lowest BCUT2D eigenvalue weighted by molar-refractivity contribution is -0.384. The average molecular weight is 403 g/mol. The van der Waals surface area contributed by atoms with Gasteiger partial charge in [-0.25, -0.2) is 0 Å². The van der Waals surface area contributed by atoms with Gasteiger partial charge in [0.15, 0.2) is 0 Å². The van der Waals surface area contributed by atoms with Crippen LogP contribution in [0.3, 0.4) is 0 Å². The fourth-order valence-electron chi connectivity index (χ4n) is 1.57. The van der Waals surface area contributed by atoms with E-state index in [4.69, 9.17) is 11.6 Å². The van der Waals surface area contributed by atoms with Crippen LogP contribution >= 0.6 is 34.2 Å². The lowest BCUT2D eigenvalue weighted by atomic mass is 10.2. The molecule has 0 aromatic heterocycles. The van der Waals surface area contributed by atoms with Crippen molar-refractivity contribution < 1.29 is 9.72 Å². The minimum atomic E-state index is -0.621. The Morgan fingerprint density at radius 2 is 1.85 bits per heavy atom. The number of hydrogen-bond acceptors (Lipinski definition) is 3. The number of nitrogens with zero attached hydrogens (tertiary/aromatic N) is 1. The first-order chi connectivity index (χ1) is 9.49. The number of benzene rings is 2. The summed E-state index contributed by atoms with van der Waals surface area (Å²) in [6.45, 7) is 0. The summed E-state index contributed by atoms with van der Waals surface area (Å²) in [5.74, 6) is -0.486. The van der Waals surface area contributed by atoms with Gasteiger partial charge in [-0.2, -0.15) is 0 Å². The normalized spacial score (nSPS) is 10.1. The van der Waals surface area contributed by atoms with Gasteiger partial charge in [0, 0.05) is 15.3 Å². The van der Waals surface area contributed by atoms with Crippen LogP contribution < -0.4 is 5.32 Å². The molecule has 0 unspecified atom stereocenters. The monoisotopic (exact) mass is 402 g/mol. The molecule has 7 heteroatoms. The van der Waals surface area contributed by atoms with E-state index in [2.05, 4.69) is 27.9 Å². The van der Waals surface area contributed by atoms with Crippen molar-refractivity contribution in [3.63, 3.8) is 0 Å². The minimum Gasteiger partial charge on any atom is -0.322 e. The molecule has 2 rings (SSSR count). The van der Waals surface area contributed by atoms with E-state index in [1.165, 1.54) is 18.2 Å². The number of nitro groups is 1. The molecule has 0 aliphatic rings. The summed E-state index contributed by atoms with van der Waals surface area (Å²) in [7, 11) is 0. The molecule has 0 bridgehead atoms. The number of nitrogens with one attached hydrogen (secondary N) is 1. The second-order valence-electron chi connectivity index (χ2n) is 3.86. The molecular formula is C13H8ClIN2O3. The van der Waals surface area contributed by atoms with Gasteiger partial charge < -0.3 is 5.32 Å². The fraction of sp³-hybridized carbons (Fsp3) is 0. The SMILES string of the molecule is O=C(Nc1ccc(I)cc1)c1cccc([N+](=O)[O-])c1Cl. The number of anilines is 1. The van der Waals surface area contributed by atoms with Crippen LogP contribution in [0.2, 0.25) is 5.02 Å². The third-order valence-corrected chi connectivity index (χ3v) is 3.64. The largest absolute Gasteiger partial charge is 0.322 e. The molecule has 0 spiro atoms. The molecule has 0 aliphatic heterocycles. The van der Waals surface area contributed by atoms with Gasteiger partial charge in [-0.15, -0.1) is 0 Å². The molecule has 2 aromatic carbocycles. The van der Waals surface area contributed by atoms with Crippen LogP contribution in [0.25, 0.3) is 0 Å². The lowest BCUT2D eigenvalue weighted by Crippen LogP contribution is -2.13. The zero-order chi connectivity index (χ0) is 14.7. The second-order valence-corrected chi connectivity index (χ2v) is 5.48. The molecule has 102 valence electrons. The van der Waals surface area contributed by atoms with Crippen molar-refractivity contribution in [3.05, 3.63) is 66.7 Å². The van der Waals surface area contributed by atoms with Crippen LogP contribution in [0.1, 0.15) is 10.4 Å². The highest BCUT2D eigenvalue weighted by Gasteiger charge is 2.19. The van der Waals surface area contributed by atoms with Crippen LogP contribution in [0.4, 0.5) is 11.4 Å². The number of rotatable bonds is 3. The highest BCUT2D eigenvalue weighted by Crippen LogP contribution is 2.28. The quantitative estimate of drug-likeness (QED) is 0.477. The molecule has 2 aromatic rings. The molecule has 0 atom stereocenters.